The fourth-order valence-corrected chi connectivity index (χ4v) is 2.35. The molecule has 1 aromatic rings. The zero-order valence-electron chi connectivity index (χ0n) is 10.5. The van der Waals surface area contributed by atoms with Gasteiger partial charge >= 0.3 is 0 Å². The third-order valence-corrected chi connectivity index (χ3v) is 3.66. The predicted molar refractivity (Wildman–Crippen MR) is 68.8 cm³/mol. The van der Waals surface area contributed by atoms with Crippen LogP contribution in [0.1, 0.15) is 23.2 Å². The molecule has 0 N–H and O–H groups in total. The summed E-state index contributed by atoms with van der Waals surface area (Å²) < 4.78 is 0. The average molecular weight is 246 g/mol. The quantitative estimate of drug-likeness (QED) is 0.736. The lowest BCUT2D eigenvalue weighted by Crippen LogP contribution is -2.47. The van der Waals surface area contributed by atoms with Gasteiger partial charge in [0.1, 0.15) is 0 Å². The highest BCUT2D eigenvalue weighted by atomic mass is 16.1. The summed E-state index contributed by atoms with van der Waals surface area (Å²) in [7, 11) is 0. The van der Waals surface area contributed by atoms with E-state index in [1.165, 1.54) is 19.4 Å². The van der Waals surface area contributed by atoms with Gasteiger partial charge in [-0.3, -0.25) is 9.69 Å². The lowest BCUT2D eigenvalue weighted by Gasteiger charge is -2.34. The van der Waals surface area contributed by atoms with E-state index >= 15 is 0 Å². The summed E-state index contributed by atoms with van der Waals surface area (Å²) in [5, 5.41) is 0. The van der Waals surface area contributed by atoms with Crippen LogP contribution >= 0.6 is 0 Å². The normalized spacial score (nSPS) is 21.0. The Kier molecular flexibility index (Phi) is 3.23. The lowest BCUT2D eigenvalue weighted by atomic mass is 10.3. The summed E-state index contributed by atoms with van der Waals surface area (Å²) in [6.45, 7) is 5.41. The van der Waals surface area contributed by atoms with Crippen LogP contribution in [0.4, 0.5) is 5.95 Å². The summed E-state index contributed by atoms with van der Waals surface area (Å²) in [4.78, 5) is 23.7. The maximum absolute atomic E-state index is 10.5. The average Bonchev–Trinajstić information content (AvgIpc) is 3.24. The number of anilines is 1. The molecule has 18 heavy (non-hydrogen) atoms. The minimum atomic E-state index is 0.533. The molecule has 96 valence electrons. The Bertz CT molecular complexity index is 408. The van der Waals surface area contributed by atoms with Crippen LogP contribution in [-0.4, -0.2) is 53.9 Å². The Morgan fingerprint density at radius 1 is 1.17 bits per heavy atom. The molecule has 0 bridgehead atoms. The number of aromatic nitrogens is 2. The van der Waals surface area contributed by atoms with Crippen LogP contribution in [0.5, 0.6) is 0 Å². The Morgan fingerprint density at radius 2 is 1.83 bits per heavy atom. The van der Waals surface area contributed by atoms with Crippen molar-refractivity contribution in [3.63, 3.8) is 0 Å². The SMILES string of the molecule is O=Cc1cnc(N2CCN(CC3CC3)CC2)nc1. The second kappa shape index (κ2) is 5.02. The highest BCUT2D eigenvalue weighted by Gasteiger charge is 2.26. The van der Waals surface area contributed by atoms with Crippen molar-refractivity contribution in [1.82, 2.24) is 14.9 Å². The van der Waals surface area contributed by atoms with Gasteiger partial charge in [0.2, 0.25) is 5.95 Å². The van der Waals surface area contributed by atoms with Crippen LogP contribution in [0.15, 0.2) is 12.4 Å². The fraction of sp³-hybridized carbons (Fsp3) is 0.615. The molecular weight excluding hydrogens is 228 g/mol. The number of hydrogen-bond acceptors (Lipinski definition) is 5. The number of hydrogen-bond donors (Lipinski definition) is 0. The van der Waals surface area contributed by atoms with Crippen molar-refractivity contribution < 1.29 is 4.79 Å². The first kappa shape index (κ1) is 11.6. The van der Waals surface area contributed by atoms with Gasteiger partial charge in [0.15, 0.2) is 6.29 Å². The van der Waals surface area contributed by atoms with E-state index in [4.69, 9.17) is 0 Å². The molecule has 0 radical (unpaired) electrons. The molecule has 5 heteroatoms. The van der Waals surface area contributed by atoms with Crippen LogP contribution in [0, 0.1) is 5.92 Å². The van der Waals surface area contributed by atoms with Crippen molar-refractivity contribution >= 4 is 12.2 Å². The number of rotatable bonds is 4. The topological polar surface area (TPSA) is 49.3 Å². The molecule has 2 heterocycles. The molecule has 0 aromatic carbocycles. The van der Waals surface area contributed by atoms with Crippen LogP contribution < -0.4 is 4.90 Å². The van der Waals surface area contributed by atoms with E-state index in [0.29, 0.717) is 5.56 Å². The molecule has 0 atom stereocenters. The van der Waals surface area contributed by atoms with Crippen molar-refractivity contribution in [2.24, 2.45) is 5.92 Å². The summed E-state index contributed by atoms with van der Waals surface area (Å²) in [6, 6.07) is 0. The second-order valence-corrected chi connectivity index (χ2v) is 5.17. The Hall–Kier alpha value is -1.49. The molecule has 1 saturated heterocycles. The van der Waals surface area contributed by atoms with E-state index in [-0.39, 0.29) is 0 Å². The minimum absolute atomic E-state index is 0.533. The first-order valence-electron chi connectivity index (χ1n) is 6.59. The van der Waals surface area contributed by atoms with Gasteiger partial charge < -0.3 is 4.90 Å². The van der Waals surface area contributed by atoms with Crippen LogP contribution in [0.25, 0.3) is 0 Å². The highest BCUT2D eigenvalue weighted by molar-refractivity contribution is 5.73. The number of piperazine rings is 1. The monoisotopic (exact) mass is 246 g/mol. The molecule has 1 aliphatic carbocycles. The van der Waals surface area contributed by atoms with Gasteiger partial charge in [-0.05, 0) is 18.8 Å². The first-order valence-corrected chi connectivity index (χ1v) is 6.59. The molecule has 5 nitrogen and oxygen atoms in total. The molecule has 1 aromatic heterocycles. The van der Waals surface area contributed by atoms with Crippen molar-refractivity contribution in [3.8, 4) is 0 Å². The van der Waals surface area contributed by atoms with E-state index in [1.807, 2.05) is 0 Å². The molecule has 0 amide bonds. The van der Waals surface area contributed by atoms with Gasteiger partial charge in [-0.2, -0.15) is 0 Å². The van der Waals surface area contributed by atoms with E-state index < -0.39 is 0 Å². The van der Waals surface area contributed by atoms with E-state index in [2.05, 4.69) is 19.8 Å². The molecule has 0 spiro atoms. The van der Waals surface area contributed by atoms with Crippen LogP contribution in [-0.2, 0) is 0 Å². The van der Waals surface area contributed by atoms with Crippen molar-refractivity contribution in [2.75, 3.05) is 37.6 Å². The number of nitrogens with zero attached hydrogens (tertiary/aromatic N) is 4. The first-order chi connectivity index (χ1) is 8.85. The third-order valence-electron chi connectivity index (χ3n) is 3.66. The van der Waals surface area contributed by atoms with Gasteiger partial charge in [-0.15, -0.1) is 0 Å². The number of carbonyl (C=O) groups excluding carboxylic acids is 1. The molecule has 3 rings (SSSR count). The van der Waals surface area contributed by atoms with Gasteiger partial charge in [-0.25, -0.2) is 9.97 Å². The largest absolute Gasteiger partial charge is 0.338 e. The zero-order chi connectivity index (χ0) is 12.4. The number of aldehydes is 1. The maximum Gasteiger partial charge on any atom is 0.225 e. The maximum atomic E-state index is 10.5. The van der Waals surface area contributed by atoms with Crippen LogP contribution in [0.2, 0.25) is 0 Å². The highest BCUT2D eigenvalue weighted by Crippen LogP contribution is 2.30. The summed E-state index contributed by atoms with van der Waals surface area (Å²) in [6.07, 6.45) is 6.78. The lowest BCUT2D eigenvalue weighted by molar-refractivity contribution is 0.112. The number of carbonyl (C=O) groups is 1. The third kappa shape index (κ3) is 2.67. The molecule has 2 fully saturated rings. The van der Waals surface area contributed by atoms with Crippen molar-refractivity contribution in [2.45, 2.75) is 12.8 Å². The van der Waals surface area contributed by atoms with Gasteiger partial charge in [0.05, 0.1) is 5.56 Å². The summed E-state index contributed by atoms with van der Waals surface area (Å²) in [5.74, 6) is 1.70. The van der Waals surface area contributed by atoms with Gasteiger partial charge in [0.25, 0.3) is 0 Å². The molecule has 1 saturated carbocycles. The second-order valence-electron chi connectivity index (χ2n) is 5.17. The Morgan fingerprint density at radius 3 is 2.39 bits per heavy atom. The summed E-state index contributed by atoms with van der Waals surface area (Å²) >= 11 is 0. The Labute approximate surface area is 107 Å². The van der Waals surface area contributed by atoms with Crippen molar-refractivity contribution in [1.29, 1.82) is 0 Å². The minimum Gasteiger partial charge on any atom is -0.338 e. The van der Waals surface area contributed by atoms with E-state index in [9.17, 15) is 4.79 Å². The van der Waals surface area contributed by atoms with Gasteiger partial charge in [-0.1, -0.05) is 0 Å². The predicted octanol–water partition coefficient (Wildman–Crippen LogP) is 0.821. The Balaban J connectivity index is 1.55. The molecule has 2 aliphatic rings. The molecule has 0 unspecified atom stereocenters. The molecule has 1 aliphatic heterocycles. The summed E-state index contributed by atoms with van der Waals surface area (Å²) in [5.41, 5.74) is 0.533. The van der Waals surface area contributed by atoms with E-state index in [1.54, 1.807) is 12.4 Å². The van der Waals surface area contributed by atoms with Gasteiger partial charge in [0, 0.05) is 45.1 Å². The zero-order valence-corrected chi connectivity index (χ0v) is 10.5. The smallest absolute Gasteiger partial charge is 0.225 e. The standard InChI is InChI=1S/C13H18N4O/c18-10-12-7-14-13(15-8-12)17-5-3-16(4-6-17)9-11-1-2-11/h7-8,10-11H,1-6,9H2. The van der Waals surface area contributed by atoms with E-state index in [0.717, 1.165) is 44.3 Å². The van der Waals surface area contributed by atoms with Crippen molar-refractivity contribution in [3.05, 3.63) is 18.0 Å². The van der Waals surface area contributed by atoms with Crippen LogP contribution in [0.3, 0.4) is 0 Å². The fourth-order valence-electron chi connectivity index (χ4n) is 2.35. The molecular formula is C13H18N4O.